The molecule has 4 aliphatic heterocycles. The second kappa shape index (κ2) is 25.9. The Morgan fingerprint density at radius 1 is 0.824 bits per heavy atom. The van der Waals surface area contributed by atoms with Gasteiger partial charge < -0.3 is 20.0 Å². The molecule has 5 aromatic carbocycles. The summed E-state index contributed by atoms with van der Waals surface area (Å²) in [6.07, 6.45) is 3.90. The lowest BCUT2D eigenvalue weighted by Crippen LogP contribution is -2.52. The topological polar surface area (TPSA) is 189 Å². The number of allylic oxidation sites excluding steroid dienone is 1. The van der Waals surface area contributed by atoms with Crippen LogP contribution in [0.2, 0.25) is 5.02 Å². The number of hydrogen-bond donors (Lipinski definition) is 3. The van der Waals surface area contributed by atoms with Crippen LogP contribution in [0.5, 0.6) is 0 Å². The van der Waals surface area contributed by atoms with E-state index in [2.05, 4.69) is 72.1 Å². The van der Waals surface area contributed by atoms with Crippen molar-refractivity contribution in [1.82, 2.24) is 29.6 Å². The van der Waals surface area contributed by atoms with Crippen molar-refractivity contribution in [3.05, 3.63) is 152 Å². The van der Waals surface area contributed by atoms with Crippen molar-refractivity contribution in [2.45, 2.75) is 97.7 Å². The van der Waals surface area contributed by atoms with Gasteiger partial charge in [0.2, 0.25) is 11.8 Å². The summed E-state index contributed by atoms with van der Waals surface area (Å²) in [5, 5.41) is 6.08. The molecule has 0 radical (unpaired) electrons. The molecular formula is C61H67BrClF3N8O8S3. The summed E-state index contributed by atoms with van der Waals surface area (Å²) in [6, 6.07) is 28.6. The Bertz CT molecular complexity index is 3600. The number of thioether (sulfide) groups is 1. The maximum Gasteiger partial charge on any atom is 0.501 e. The highest BCUT2D eigenvalue weighted by Crippen LogP contribution is 2.43. The quantitative estimate of drug-likeness (QED) is 0.0523. The Kier molecular flexibility index (Phi) is 19.0. The number of halogens is 5. The van der Waals surface area contributed by atoms with Crippen molar-refractivity contribution < 1.29 is 49.2 Å². The summed E-state index contributed by atoms with van der Waals surface area (Å²) in [6.45, 7) is 12.4. The molecule has 10 rings (SSSR count). The van der Waals surface area contributed by atoms with E-state index in [1.54, 1.807) is 18.2 Å². The minimum Gasteiger partial charge on any atom is -0.380 e. The van der Waals surface area contributed by atoms with E-state index in [0.717, 1.165) is 77.2 Å². The number of rotatable bonds is 19. The van der Waals surface area contributed by atoms with Gasteiger partial charge in [-0.05, 0) is 133 Å². The van der Waals surface area contributed by atoms with E-state index < -0.39 is 64.7 Å². The fourth-order valence-electron chi connectivity index (χ4n) is 11.8. The number of nitrogens with zero attached hydrogens (tertiary/aromatic N) is 5. The van der Waals surface area contributed by atoms with Gasteiger partial charge in [0.05, 0.1) is 10.6 Å². The molecule has 0 saturated carbocycles. The van der Waals surface area contributed by atoms with Gasteiger partial charge in [-0.1, -0.05) is 83.3 Å². The van der Waals surface area contributed by atoms with E-state index in [0.29, 0.717) is 81.2 Å². The van der Waals surface area contributed by atoms with Crippen molar-refractivity contribution in [2.75, 3.05) is 81.4 Å². The van der Waals surface area contributed by atoms with Crippen LogP contribution in [0.3, 0.4) is 0 Å². The highest BCUT2D eigenvalue weighted by atomic mass is 79.9. The van der Waals surface area contributed by atoms with E-state index >= 15 is 0 Å². The lowest BCUT2D eigenvalue weighted by Gasteiger charge is -2.39. The zero-order chi connectivity index (χ0) is 60.4. The highest BCUT2D eigenvalue weighted by Gasteiger charge is 2.49. The molecule has 3 fully saturated rings. The Balaban J connectivity index is 0.770. The molecule has 3 N–H and O–H groups in total. The Morgan fingerprint density at radius 2 is 1.49 bits per heavy atom. The van der Waals surface area contributed by atoms with Gasteiger partial charge >= 0.3 is 5.51 Å². The van der Waals surface area contributed by atoms with Crippen molar-refractivity contribution in [2.24, 2.45) is 5.41 Å². The Morgan fingerprint density at radius 3 is 2.18 bits per heavy atom. The van der Waals surface area contributed by atoms with E-state index in [9.17, 15) is 49.2 Å². The third-order valence-corrected chi connectivity index (χ3v) is 21.6. The fourth-order valence-corrected chi connectivity index (χ4v) is 15.5. The average Bonchev–Trinajstić information content (AvgIpc) is 4.08. The first-order chi connectivity index (χ1) is 40.4. The highest BCUT2D eigenvalue weighted by molar-refractivity contribution is 9.10. The molecule has 16 nitrogen and oxygen atoms in total. The Labute approximate surface area is 512 Å². The third-order valence-electron chi connectivity index (χ3n) is 16.6. The number of hydrogen-bond acceptors (Lipinski definition) is 14. The second-order valence-corrected chi connectivity index (χ2v) is 29.1. The van der Waals surface area contributed by atoms with Crippen LogP contribution in [-0.2, 0) is 42.5 Å². The van der Waals surface area contributed by atoms with Gasteiger partial charge in [-0.25, -0.2) is 21.6 Å². The van der Waals surface area contributed by atoms with Crippen LogP contribution in [-0.4, -0.2) is 149 Å². The van der Waals surface area contributed by atoms with Crippen LogP contribution in [0, 0.1) is 5.41 Å². The van der Waals surface area contributed by atoms with Crippen molar-refractivity contribution in [3.63, 3.8) is 0 Å². The van der Waals surface area contributed by atoms with Gasteiger partial charge in [0, 0.05) is 128 Å². The summed E-state index contributed by atoms with van der Waals surface area (Å²) in [5.74, 6) is -1.84. The van der Waals surface area contributed by atoms with Crippen LogP contribution >= 0.6 is 39.3 Å². The molecular weight excluding hydrogens is 1240 g/mol. The van der Waals surface area contributed by atoms with Crippen LogP contribution < -0.4 is 20.3 Å². The predicted molar refractivity (Wildman–Crippen MR) is 327 cm³/mol. The molecule has 1 unspecified atom stereocenters. The molecule has 5 aliphatic rings. The number of sulfone groups is 1. The SMILES string of the molecule is CC1(C)CCC(c2ccc(Cl)cc2)=C(CN2CCN(c3ccc(C(=O)NS(=O)(=O)c4ccc(N[C@H](CCN5CCN(Cc6cc7c(cc6Br)C(=O)N(C6CCC(=O)NC6=O)C7)CC5)CSc5ccccc5)c(S(=O)(=O)C(F)(F)F)c4)cc3)CC2)C1. The number of nitrogens with one attached hydrogen (secondary N) is 3. The number of imide groups is 1. The molecule has 1 aliphatic carbocycles. The largest absolute Gasteiger partial charge is 0.501 e. The average molecular weight is 1310 g/mol. The zero-order valence-corrected chi connectivity index (χ0v) is 51.9. The van der Waals surface area contributed by atoms with Gasteiger partial charge in [0.25, 0.3) is 31.7 Å². The minimum atomic E-state index is -6.14. The third kappa shape index (κ3) is 14.8. The molecule has 2 atom stereocenters. The van der Waals surface area contributed by atoms with Gasteiger partial charge in [-0.2, -0.15) is 13.2 Å². The molecule has 4 heterocycles. The summed E-state index contributed by atoms with van der Waals surface area (Å²) in [4.78, 5) is 60.7. The van der Waals surface area contributed by atoms with Crippen LogP contribution in [0.25, 0.3) is 5.57 Å². The molecule has 0 bridgehead atoms. The number of carbonyl (C=O) groups excluding carboxylic acids is 4. The summed E-state index contributed by atoms with van der Waals surface area (Å²) < 4.78 is 101. The number of carbonyl (C=O) groups is 4. The second-order valence-electron chi connectivity index (χ2n) is 23.2. The van der Waals surface area contributed by atoms with Gasteiger partial charge in [0.1, 0.15) is 10.9 Å². The van der Waals surface area contributed by atoms with E-state index in [-0.39, 0.29) is 42.2 Å². The smallest absolute Gasteiger partial charge is 0.380 e. The fraction of sp³-hybridized carbons (Fsp3) is 0.410. The van der Waals surface area contributed by atoms with E-state index in [1.807, 2.05) is 53.3 Å². The van der Waals surface area contributed by atoms with Crippen molar-refractivity contribution >= 4 is 99.7 Å². The van der Waals surface area contributed by atoms with E-state index in [1.165, 1.54) is 45.5 Å². The van der Waals surface area contributed by atoms with Crippen molar-refractivity contribution in [1.29, 1.82) is 0 Å². The minimum absolute atomic E-state index is 0.0263. The number of piperazine rings is 2. The number of piperidine rings is 1. The van der Waals surface area contributed by atoms with Crippen LogP contribution in [0.1, 0.15) is 89.8 Å². The standard InChI is InChI=1S/C61H67BrClF3N8O8S3/c1-60(2)22-20-50(40-8-12-45(63)13-9-40)44(35-60)37-72-28-30-73(31-29-72)47-14-10-41(11-15-47)57(76)69-85(81,82)49-16-17-53(55(33-49)84(79,80)61(64,65)66)67-46(39-83-48-6-4-3-5-7-48)21-23-70-24-26-71(27-25-70)36-43-32-42-38-74(59(78)51(42)34-52(43)62)54-18-19-56(75)68-58(54)77/h3-17,32-34,46,54,67H,18-31,35-39H2,1-2H3,(H,69,76)(H,68,75,77)/t46-,54?/m1/s1. The number of alkyl halides is 3. The maximum absolute atomic E-state index is 14.5. The van der Waals surface area contributed by atoms with Gasteiger partial charge in [0.15, 0.2) is 0 Å². The molecule has 0 aromatic heterocycles. The molecule has 5 aromatic rings. The number of amides is 4. The summed E-state index contributed by atoms with van der Waals surface area (Å²) in [7, 11) is -11.1. The molecule has 4 amide bonds. The molecule has 85 heavy (non-hydrogen) atoms. The number of fused-ring (bicyclic) bond motifs is 1. The van der Waals surface area contributed by atoms with Gasteiger partial charge in [-0.3, -0.25) is 34.3 Å². The van der Waals surface area contributed by atoms with Crippen molar-refractivity contribution in [3.8, 4) is 0 Å². The number of anilines is 2. The monoisotopic (exact) mass is 1310 g/mol. The first kappa shape index (κ1) is 62.3. The number of sulfonamides is 1. The summed E-state index contributed by atoms with van der Waals surface area (Å²) in [5.41, 5.74) is 1.04. The zero-order valence-electron chi connectivity index (χ0n) is 47.1. The van der Waals surface area contributed by atoms with E-state index in [4.69, 9.17) is 11.6 Å². The van der Waals surface area contributed by atoms with Gasteiger partial charge in [-0.15, -0.1) is 11.8 Å². The Hall–Kier alpha value is -5.79. The lowest BCUT2D eigenvalue weighted by molar-refractivity contribution is -0.136. The molecule has 24 heteroatoms. The van der Waals surface area contributed by atoms with Crippen LogP contribution in [0.15, 0.2) is 134 Å². The molecule has 0 spiro atoms. The first-order valence-electron chi connectivity index (χ1n) is 28.3. The maximum atomic E-state index is 14.5. The predicted octanol–water partition coefficient (Wildman–Crippen LogP) is 9.84. The lowest BCUT2D eigenvalue weighted by atomic mass is 9.73. The molecule has 452 valence electrons. The normalized spacial score (nSPS) is 19.7. The number of benzene rings is 5. The molecule has 3 saturated heterocycles. The summed E-state index contributed by atoms with van der Waals surface area (Å²) >= 11 is 11.3. The first-order valence-corrected chi connectivity index (χ1v) is 33.4. The van der Waals surface area contributed by atoms with Crippen LogP contribution in [0.4, 0.5) is 24.5 Å².